The van der Waals surface area contributed by atoms with E-state index >= 15 is 0 Å². The van der Waals surface area contributed by atoms with E-state index in [1.807, 2.05) is 20.8 Å². The van der Waals surface area contributed by atoms with Gasteiger partial charge in [0.15, 0.2) is 0 Å². The molecule has 0 aliphatic heterocycles. The average molecular weight is 621 g/mol. The smallest absolute Gasteiger partial charge is 0.264 e. The molecule has 0 heterocycles. The van der Waals surface area contributed by atoms with E-state index in [1.54, 1.807) is 49.4 Å². The first kappa shape index (κ1) is 32.2. The molecule has 0 spiro atoms. The molecule has 2 amide bonds. The fourth-order valence-electron chi connectivity index (χ4n) is 4.32. The third-order valence-electron chi connectivity index (χ3n) is 6.41. The van der Waals surface area contributed by atoms with E-state index in [2.05, 4.69) is 5.32 Å². The van der Waals surface area contributed by atoms with Crippen LogP contribution in [0.1, 0.15) is 38.3 Å². The van der Waals surface area contributed by atoms with Crippen LogP contribution in [0.2, 0.25) is 10.0 Å². The standard InChI is InChI=1S/C30H35Cl2N3O5S/c1-6-26(30(37)33-20(2)3)34(18-22-9-7-8-10-25(22)32)29(36)19-35(27-17-23(31)13-16-28(27)40-5)41(38,39)24-14-11-21(4)12-15-24/h7-17,20,26H,6,18-19H2,1-5H3,(H,33,37)/t26-/m0/s1. The van der Waals surface area contributed by atoms with Gasteiger partial charge >= 0.3 is 0 Å². The average Bonchev–Trinajstić information content (AvgIpc) is 2.92. The van der Waals surface area contributed by atoms with E-state index in [1.165, 1.54) is 36.3 Å². The van der Waals surface area contributed by atoms with Crippen molar-refractivity contribution in [3.8, 4) is 5.75 Å². The number of carbonyl (C=O) groups excluding carboxylic acids is 2. The molecule has 1 atom stereocenters. The lowest BCUT2D eigenvalue weighted by molar-refractivity contribution is -0.140. The van der Waals surface area contributed by atoms with Crippen molar-refractivity contribution in [1.82, 2.24) is 10.2 Å². The van der Waals surface area contributed by atoms with Crippen molar-refractivity contribution in [3.63, 3.8) is 0 Å². The summed E-state index contributed by atoms with van der Waals surface area (Å²) in [6.07, 6.45) is 0.292. The Morgan fingerprint density at radius 1 is 1.00 bits per heavy atom. The second-order valence-electron chi connectivity index (χ2n) is 9.84. The molecule has 3 aromatic carbocycles. The molecule has 11 heteroatoms. The number of anilines is 1. The molecule has 1 N–H and O–H groups in total. The second kappa shape index (κ2) is 14.1. The lowest BCUT2D eigenvalue weighted by Crippen LogP contribution is -2.53. The van der Waals surface area contributed by atoms with Gasteiger partial charge in [0.1, 0.15) is 18.3 Å². The van der Waals surface area contributed by atoms with Crippen molar-refractivity contribution < 1.29 is 22.7 Å². The highest BCUT2D eigenvalue weighted by atomic mass is 35.5. The topological polar surface area (TPSA) is 96.0 Å². The number of carbonyl (C=O) groups is 2. The number of hydrogen-bond acceptors (Lipinski definition) is 5. The van der Waals surface area contributed by atoms with Gasteiger partial charge in [0.2, 0.25) is 11.8 Å². The Balaban J connectivity index is 2.15. The predicted molar refractivity (Wildman–Crippen MR) is 163 cm³/mol. The van der Waals surface area contributed by atoms with Crippen LogP contribution in [0.3, 0.4) is 0 Å². The molecule has 0 aliphatic carbocycles. The maximum absolute atomic E-state index is 14.2. The molecular formula is C30H35Cl2N3O5S. The van der Waals surface area contributed by atoms with Gasteiger partial charge in [-0.1, -0.05) is 66.0 Å². The molecule has 0 radical (unpaired) electrons. The largest absolute Gasteiger partial charge is 0.495 e. The fraction of sp³-hybridized carbons (Fsp3) is 0.333. The van der Waals surface area contributed by atoms with Crippen LogP contribution in [0, 0.1) is 6.92 Å². The first-order chi connectivity index (χ1) is 19.4. The Morgan fingerprint density at radius 3 is 2.24 bits per heavy atom. The fourth-order valence-corrected chi connectivity index (χ4v) is 6.10. The summed E-state index contributed by atoms with van der Waals surface area (Å²) in [5, 5.41) is 3.55. The number of benzene rings is 3. The quantitative estimate of drug-likeness (QED) is 0.275. The molecule has 0 aliphatic rings. The highest BCUT2D eigenvalue weighted by Gasteiger charge is 2.35. The summed E-state index contributed by atoms with van der Waals surface area (Å²) in [5.41, 5.74) is 1.58. The summed E-state index contributed by atoms with van der Waals surface area (Å²) < 4.78 is 34.6. The minimum absolute atomic E-state index is 0.00632. The van der Waals surface area contributed by atoms with E-state index in [9.17, 15) is 18.0 Å². The Hall–Kier alpha value is -3.27. The molecule has 0 fully saturated rings. The summed E-state index contributed by atoms with van der Waals surface area (Å²) in [6, 6.07) is 16.8. The summed E-state index contributed by atoms with van der Waals surface area (Å²) in [4.78, 5) is 28.8. The van der Waals surface area contributed by atoms with Crippen LogP contribution in [-0.2, 0) is 26.2 Å². The maximum atomic E-state index is 14.2. The number of ether oxygens (including phenoxy) is 1. The molecule has 3 aromatic rings. The highest BCUT2D eigenvalue weighted by molar-refractivity contribution is 7.92. The van der Waals surface area contributed by atoms with Gasteiger partial charge < -0.3 is 15.0 Å². The lowest BCUT2D eigenvalue weighted by Gasteiger charge is -2.34. The van der Waals surface area contributed by atoms with Crippen LogP contribution in [0.5, 0.6) is 5.75 Å². The van der Waals surface area contributed by atoms with Crippen molar-refractivity contribution in [2.24, 2.45) is 0 Å². The van der Waals surface area contributed by atoms with Crippen molar-refractivity contribution in [1.29, 1.82) is 0 Å². The van der Waals surface area contributed by atoms with Crippen LogP contribution in [0.4, 0.5) is 5.69 Å². The number of halogens is 2. The molecule has 8 nitrogen and oxygen atoms in total. The van der Waals surface area contributed by atoms with Crippen molar-refractivity contribution in [3.05, 3.63) is 87.9 Å². The molecule has 0 bridgehead atoms. The van der Waals surface area contributed by atoms with Gasteiger partial charge in [0.05, 0.1) is 17.7 Å². The molecule has 41 heavy (non-hydrogen) atoms. The van der Waals surface area contributed by atoms with Gasteiger partial charge in [-0.25, -0.2) is 8.42 Å². The van der Waals surface area contributed by atoms with Crippen LogP contribution >= 0.6 is 23.2 Å². The highest BCUT2D eigenvalue weighted by Crippen LogP contribution is 2.35. The maximum Gasteiger partial charge on any atom is 0.264 e. The molecule has 3 rings (SSSR count). The Bertz CT molecular complexity index is 1480. The van der Waals surface area contributed by atoms with Gasteiger partial charge in [0.25, 0.3) is 10.0 Å². The number of nitrogens with one attached hydrogen (secondary N) is 1. The summed E-state index contributed by atoms with van der Waals surface area (Å²) in [7, 11) is -2.88. The Kier molecular flexibility index (Phi) is 11.1. The number of aryl methyl sites for hydroxylation is 1. The first-order valence-corrected chi connectivity index (χ1v) is 15.3. The van der Waals surface area contributed by atoms with E-state index < -0.39 is 28.5 Å². The molecule has 0 aromatic heterocycles. The molecule has 0 saturated heterocycles. The van der Waals surface area contributed by atoms with Gasteiger partial charge in [-0.3, -0.25) is 13.9 Å². The van der Waals surface area contributed by atoms with Crippen LogP contribution in [0.15, 0.2) is 71.6 Å². The summed E-state index contributed by atoms with van der Waals surface area (Å²) in [5.74, 6) is -0.746. The first-order valence-electron chi connectivity index (χ1n) is 13.1. The zero-order valence-corrected chi connectivity index (χ0v) is 26.1. The van der Waals surface area contributed by atoms with Crippen molar-refractivity contribution in [2.75, 3.05) is 18.0 Å². The minimum Gasteiger partial charge on any atom is -0.495 e. The lowest BCUT2D eigenvalue weighted by atomic mass is 10.1. The van der Waals surface area contributed by atoms with E-state index in [4.69, 9.17) is 27.9 Å². The third kappa shape index (κ3) is 7.93. The monoisotopic (exact) mass is 619 g/mol. The van der Waals surface area contributed by atoms with Gasteiger partial charge in [0, 0.05) is 22.6 Å². The molecular weight excluding hydrogens is 585 g/mol. The normalized spacial score (nSPS) is 12.1. The Morgan fingerprint density at radius 2 is 1.66 bits per heavy atom. The molecule has 0 saturated carbocycles. The number of sulfonamides is 1. The van der Waals surface area contributed by atoms with Crippen LogP contribution < -0.4 is 14.4 Å². The Labute approximate surface area is 252 Å². The summed E-state index contributed by atoms with van der Waals surface area (Å²) >= 11 is 12.7. The number of rotatable bonds is 12. The zero-order chi connectivity index (χ0) is 30.3. The van der Waals surface area contributed by atoms with E-state index in [-0.39, 0.29) is 39.8 Å². The number of hydrogen-bond donors (Lipinski definition) is 1. The predicted octanol–water partition coefficient (Wildman–Crippen LogP) is 5.84. The third-order valence-corrected chi connectivity index (χ3v) is 8.79. The van der Waals surface area contributed by atoms with Gasteiger partial charge in [-0.05, 0) is 69.2 Å². The number of nitrogens with zero attached hydrogens (tertiary/aromatic N) is 2. The van der Waals surface area contributed by atoms with Gasteiger partial charge in [-0.15, -0.1) is 0 Å². The van der Waals surface area contributed by atoms with Crippen molar-refractivity contribution >= 4 is 50.7 Å². The molecule has 220 valence electrons. The van der Waals surface area contributed by atoms with E-state index in [0.717, 1.165) is 9.87 Å². The number of methoxy groups -OCH3 is 1. The molecule has 0 unspecified atom stereocenters. The van der Waals surface area contributed by atoms with Crippen molar-refractivity contribution in [2.45, 2.75) is 57.6 Å². The minimum atomic E-state index is -4.28. The van der Waals surface area contributed by atoms with Crippen LogP contribution in [-0.4, -0.2) is 50.9 Å². The van der Waals surface area contributed by atoms with Gasteiger partial charge in [-0.2, -0.15) is 0 Å². The van der Waals surface area contributed by atoms with E-state index in [0.29, 0.717) is 17.0 Å². The second-order valence-corrected chi connectivity index (χ2v) is 12.5. The number of amides is 2. The summed E-state index contributed by atoms with van der Waals surface area (Å²) in [6.45, 7) is 6.66. The zero-order valence-electron chi connectivity index (χ0n) is 23.7. The van der Waals surface area contributed by atoms with Crippen LogP contribution in [0.25, 0.3) is 0 Å². The SMILES string of the molecule is CC[C@@H](C(=O)NC(C)C)N(Cc1ccccc1Cl)C(=O)CN(c1cc(Cl)ccc1OC)S(=O)(=O)c1ccc(C)cc1.